The van der Waals surface area contributed by atoms with E-state index >= 15 is 0 Å². The van der Waals surface area contributed by atoms with Crippen LogP contribution in [0.25, 0.3) is 0 Å². The van der Waals surface area contributed by atoms with Crippen LogP contribution in [0, 0.1) is 0 Å². The first kappa shape index (κ1) is 17.6. The normalized spacial score (nSPS) is 11.6. The first-order chi connectivity index (χ1) is 12.7. The van der Waals surface area contributed by atoms with Crippen molar-refractivity contribution in [2.24, 2.45) is 0 Å². The number of hydrogen-bond donors (Lipinski definition) is 2. The predicted octanol–water partition coefficient (Wildman–Crippen LogP) is 3.62. The summed E-state index contributed by atoms with van der Waals surface area (Å²) in [6.07, 6.45) is 2.46. The molecule has 0 saturated heterocycles. The fraction of sp³-hybridized carbons (Fsp3) is 0.190. The summed E-state index contributed by atoms with van der Waals surface area (Å²) in [5.41, 5.74) is 2.65. The van der Waals surface area contributed by atoms with Crippen LogP contribution in [0.4, 0.5) is 5.95 Å². The topological polar surface area (TPSA) is 66.9 Å². The lowest BCUT2D eigenvalue weighted by molar-refractivity contribution is 0.0935. The lowest BCUT2D eigenvalue weighted by Gasteiger charge is -2.14. The highest BCUT2D eigenvalue weighted by Crippen LogP contribution is 2.12. The number of nitrogens with zero attached hydrogens (tertiary/aromatic N) is 2. The Kier molecular flexibility index (Phi) is 5.93. The summed E-state index contributed by atoms with van der Waals surface area (Å²) >= 11 is 0. The number of aromatic nitrogens is 2. The summed E-state index contributed by atoms with van der Waals surface area (Å²) in [4.78, 5) is 21.0. The van der Waals surface area contributed by atoms with Gasteiger partial charge in [0.25, 0.3) is 5.91 Å². The van der Waals surface area contributed by atoms with Crippen LogP contribution in [-0.4, -0.2) is 22.4 Å². The fourth-order valence-electron chi connectivity index (χ4n) is 2.63. The Morgan fingerprint density at radius 1 is 1.00 bits per heavy atom. The molecule has 1 unspecified atom stereocenters. The molecule has 26 heavy (non-hydrogen) atoms. The van der Waals surface area contributed by atoms with Gasteiger partial charge < -0.3 is 10.6 Å². The van der Waals surface area contributed by atoms with E-state index in [2.05, 4.69) is 32.7 Å². The quantitative estimate of drug-likeness (QED) is 0.686. The summed E-state index contributed by atoms with van der Waals surface area (Å²) in [5.74, 6) is 0.246. The Balaban J connectivity index is 1.57. The largest absolute Gasteiger partial charge is 0.354 e. The Hall–Kier alpha value is -3.21. The standard InChI is InChI=1S/C21H22N4O/c1-16(18-10-6-3-7-11-18)24-20(26)19-13-15-23-21(25-19)22-14-12-17-8-4-2-5-9-17/h2-11,13,15-16H,12,14H2,1H3,(H,24,26)(H,22,23,25). The number of carbonyl (C=O) groups is 1. The number of anilines is 1. The Labute approximate surface area is 153 Å². The smallest absolute Gasteiger partial charge is 0.270 e. The van der Waals surface area contributed by atoms with Gasteiger partial charge in [-0.3, -0.25) is 4.79 Å². The van der Waals surface area contributed by atoms with E-state index in [0.29, 0.717) is 18.2 Å². The highest BCUT2D eigenvalue weighted by Gasteiger charge is 2.13. The average molecular weight is 346 g/mol. The number of carbonyl (C=O) groups excluding carboxylic acids is 1. The molecular weight excluding hydrogens is 324 g/mol. The second-order valence-electron chi connectivity index (χ2n) is 6.03. The maximum Gasteiger partial charge on any atom is 0.270 e. The highest BCUT2D eigenvalue weighted by molar-refractivity contribution is 5.92. The van der Waals surface area contributed by atoms with Crippen molar-refractivity contribution in [3.63, 3.8) is 0 Å². The minimum Gasteiger partial charge on any atom is -0.354 e. The first-order valence-corrected chi connectivity index (χ1v) is 8.69. The van der Waals surface area contributed by atoms with Crippen molar-refractivity contribution in [2.75, 3.05) is 11.9 Å². The SMILES string of the molecule is CC(NC(=O)c1ccnc(NCCc2ccccc2)n1)c1ccccc1. The molecule has 1 heterocycles. The van der Waals surface area contributed by atoms with Gasteiger partial charge in [-0.15, -0.1) is 0 Å². The third kappa shape index (κ3) is 4.89. The number of benzene rings is 2. The molecule has 132 valence electrons. The molecule has 0 radical (unpaired) electrons. The third-order valence-electron chi connectivity index (χ3n) is 4.08. The number of nitrogens with one attached hydrogen (secondary N) is 2. The molecule has 0 aliphatic rings. The van der Waals surface area contributed by atoms with Gasteiger partial charge >= 0.3 is 0 Å². The van der Waals surface area contributed by atoms with E-state index in [1.807, 2.05) is 55.5 Å². The van der Waals surface area contributed by atoms with Crippen LogP contribution >= 0.6 is 0 Å². The summed E-state index contributed by atoms with van der Waals surface area (Å²) < 4.78 is 0. The molecule has 0 aliphatic carbocycles. The number of hydrogen-bond acceptors (Lipinski definition) is 4. The lowest BCUT2D eigenvalue weighted by Crippen LogP contribution is -2.27. The van der Waals surface area contributed by atoms with Crippen LogP contribution in [0.15, 0.2) is 72.9 Å². The number of amides is 1. The van der Waals surface area contributed by atoms with E-state index in [0.717, 1.165) is 12.0 Å². The van der Waals surface area contributed by atoms with Crippen LogP contribution in [0.5, 0.6) is 0 Å². The maximum absolute atomic E-state index is 12.4. The maximum atomic E-state index is 12.4. The zero-order valence-corrected chi connectivity index (χ0v) is 14.7. The third-order valence-corrected chi connectivity index (χ3v) is 4.08. The molecule has 5 heteroatoms. The molecular formula is C21H22N4O. The monoisotopic (exact) mass is 346 g/mol. The summed E-state index contributed by atoms with van der Waals surface area (Å²) in [6.45, 7) is 2.66. The molecule has 1 amide bonds. The van der Waals surface area contributed by atoms with Crippen LogP contribution in [0.2, 0.25) is 0 Å². The van der Waals surface area contributed by atoms with Crippen LogP contribution in [0.3, 0.4) is 0 Å². The van der Waals surface area contributed by atoms with Gasteiger partial charge in [-0.2, -0.15) is 0 Å². The molecule has 5 nitrogen and oxygen atoms in total. The molecule has 3 rings (SSSR count). The van der Waals surface area contributed by atoms with E-state index in [4.69, 9.17) is 0 Å². The first-order valence-electron chi connectivity index (χ1n) is 8.69. The zero-order chi connectivity index (χ0) is 18.2. The van der Waals surface area contributed by atoms with Gasteiger partial charge in [0.1, 0.15) is 5.69 Å². The van der Waals surface area contributed by atoms with Crippen LogP contribution in [0.1, 0.15) is 34.6 Å². The second kappa shape index (κ2) is 8.76. The Bertz CT molecular complexity index is 837. The second-order valence-corrected chi connectivity index (χ2v) is 6.03. The van der Waals surface area contributed by atoms with Gasteiger partial charge in [-0.25, -0.2) is 9.97 Å². The van der Waals surface area contributed by atoms with Crippen molar-refractivity contribution in [1.82, 2.24) is 15.3 Å². The summed E-state index contributed by atoms with van der Waals surface area (Å²) in [6, 6.07) is 21.6. The molecule has 0 aliphatic heterocycles. The van der Waals surface area contributed by atoms with Crippen molar-refractivity contribution in [1.29, 1.82) is 0 Å². The molecule has 0 fully saturated rings. The molecule has 1 atom stereocenters. The van der Waals surface area contributed by atoms with Crippen molar-refractivity contribution >= 4 is 11.9 Å². The minimum absolute atomic E-state index is 0.0897. The van der Waals surface area contributed by atoms with Crippen molar-refractivity contribution in [3.8, 4) is 0 Å². The van der Waals surface area contributed by atoms with Crippen molar-refractivity contribution < 1.29 is 4.79 Å². The fourth-order valence-corrected chi connectivity index (χ4v) is 2.63. The van der Waals surface area contributed by atoms with Gasteiger partial charge in [0, 0.05) is 12.7 Å². The summed E-state index contributed by atoms with van der Waals surface area (Å²) in [5, 5.41) is 6.14. The zero-order valence-electron chi connectivity index (χ0n) is 14.7. The van der Waals surface area contributed by atoms with Gasteiger partial charge in [0.15, 0.2) is 0 Å². The lowest BCUT2D eigenvalue weighted by atomic mass is 10.1. The van der Waals surface area contributed by atoms with Crippen LogP contribution < -0.4 is 10.6 Å². The highest BCUT2D eigenvalue weighted by atomic mass is 16.1. The molecule has 0 saturated carbocycles. The molecule has 0 spiro atoms. The summed E-state index contributed by atoms with van der Waals surface area (Å²) in [7, 11) is 0. The van der Waals surface area contributed by atoms with Crippen molar-refractivity contribution in [3.05, 3.63) is 89.7 Å². The molecule has 2 aromatic carbocycles. The van der Waals surface area contributed by atoms with Gasteiger partial charge in [-0.1, -0.05) is 60.7 Å². The minimum atomic E-state index is -0.213. The van der Waals surface area contributed by atoms with E-state index < -0.39 is 0 Å². The van der Waals surface area contributed by atoms with Crippen molar-refractivity contribution in [2.45, 2.75) is 19.4 Å². The average Bonchev–Trinajstić information content (AvgIpc) is 2.69. The Morgan fingerprint density at radius 3 is 2.42 bits per heavy atom. The molecule has 0 bridgehead atoms. The van der Waals surface area contributed by atoms with E-state index in [-0.39, 0.29) is 11.9 Å². The van der Waals surface area contributed by atoms with Gasteiger partial charge in [0.2, 0.25) is 5.95 Å². The van der Waals surface area contributed by atoms with E-state index in [1.54, 1.807) is 12.3 Å². The number of rotatable bonds is 7. The van der Waals surface area contributed by atoms with E-state index in [1.165, 1.54) is 5.56 Å². The van der Waals surface area contributed by atoms with Gasteiger partial charge in [-0.05, 0) is 30.5 Å². The van der Waals surface area contributed by atoms with Gasteiger partial charge in [0.05, 0.1) is 6.04 Å². The molecule has 2 N–H and O–H groups in total. The molecule has 3 aromatic rings. The van der Waals surface area contributed by atoms with E-state index in [9.17, 15) is 4.79 Å². The Morgan fingerprint density at radius 2 is 1.69 bits per heavy atom. The molecule has 1 aromatic heterocycles. The van der Waals surface area contributed by atoms with Crippen LogP contribution in [-0.2, 0) is 6.42 Å². The predicted molar refractivity (Wildman–Crippen MR) is 103 cm³/mol.